The molecule has 0 unspecified atom stereocenters. The normalized spacial score (nSPS) is 14.6. The molecule has 17 heavy (non-hydrogen) atoms. The van der Waals surface area contributed by atoms with Crippen molar-refractivity contribution < 1.29 is 48.5 Å². The van der Waals surface area contributed by atoms with Crippen LogP contribution in [0.2, 0.25) is 0 Å². The van der Waals surface area contributed by atoms with Crippen molar-refractivity contribution in [3.8, 4) is 0 Å². The maximum absolute atomic E-state index is 10.9. The van der Waals surface area contributed by atoms with Crippen LogP contribution in [-0.2, 0) is 18.7 Å². The fraction of sp³-hybridized carbons (Fsp3) is 0.600. The van der Waals surface area contributed by atoms with Gasteiger partial charge >= 0.3 is 27.1 Å². The van der Waals surface area contributed by atoms with Crippen molar-refractivity contribution in [2.75, 3.05) is 0 Å². The van der Waals surface area contributed by atoms with Crippen LogP contribution in [0.5, 0.6) is 0 Å². The molecule has 0 aromatic carbocycles. The van der Waals surface area contributed by atoms with E-state index < -0.39 is 44.9 Å². The van der Waals surface area contributed by atoms with Gasteiger partial charge in [-0.3, -0.25) is 18.7 Å². The Hall–Kier alpha value is -0.760. The summed E-state index contributed by atoms with van der Waals surface area (Å²) in [5, 5.41) is 14.0. The van der Waals surface area contributed by atoms with E-state index in [0.29, 0.717) is 0 Å². The van der Waals surface area contributed by atoms with Gasteiger partial charge in [-0.2, -0.15) is 0 Å². The van der Waals surface area contributed by atoms with E-state index in [1.807, 2.05) is 0 Å². The Balaban J connectivity index is 5.56. The fourth-order valence-corrected chi connectivity index (χ4v) is 4.14. The minimum atomic E-state index is -5.47. The van der Waals surface area contributed by atoms with Crippen LogP contribution >= 0.6 is 15.2 Å². The summed E-state index contributed by atoms with van der Waals surface area (Å²) in [6.45, 7) is 0. The van der Waals surface area contributed by atoms with Gasteiger partial charge in [0.2, 0.25) is 0 Å². The fourth-order valence-electron chi connectivity index (χ4n) is 1.17. The van der Waals surface area contributed by atoms with Crippen LogP contribution in [0.25, 0.3) is 0 Å². The topological polar surface area (TPSA) is 190 Å². The summed E-state index contributed by atoms with van der Waals surface area (Å²) in [5.74, 6) is -6.14. The summed E-state index contributed by atoms with van der Waals surface area (Å²) in [6, 6.07) is 0. The summed E-state index contributed by atoms with van der Waals surface area (Å²) in [4.78, 5) is 55.8. The van der Waals surface area contributed by atoms with Crippen molar-refractivity contribution in [3.63, 3.8) is 0 Å². The van der Waals surface area contributed by atoms with Crippen LogP contribution in [0.15, 0.2) is 0 Å². The molecule has 6 N–H and O–H groups in total. The Morgan fingerprint density at radius 2 is 1.29 bits per heavy atom. The van der Waals surface area contributed by atoms with E-state index in [2.05, 4.69) is 0 Å². The molecule has 0 aliphatic heterocycles. The first-order valence-electron chi connectivity index (χ1n) is 3.92. The Morgan fingerprint density at radius 3 is 1.47 bits per heavy atom. The van der Waals surface area contributed by atoms with Crippen molar-refractivity contribution in [1.29, 1.82) is 0 Å². The van der Waals surface area contributed by atoms with Gasteiger partial charge in [-0.1, -0.05) is 0 Å². The number of aliphatic carboxylic acids is 2. The van der Waals surface area contributed by atoms with Gasteiger partial charge in [-0.15, -0.1) is 0 Å². The van der Waals surface area contributed by atoms with Crippen LogP contribution in [-0.4, -0.2) is 47.1 Å². The van der Waals surface area contributed by atoms with Crippen LogP contribution in [0.1, 0.15) is 6.42 Å². The highest BCUT2D eigenvalue weighted by Crippen LogP contribution is 2.63. The predicted molar refractivity (Wildman–Crippen MR) is 51.3 cm³/mol. The molecule has 0 bridgehead atoms. The SMILES string of the molecule is O=C(O)C[C@H](C(=O)O)C(P(=O)(O)O)P(=O)(O)O. The number of rotatable bonds is 6. The highest BCUT2D eigenvalue weighted by atomic mass is 31.2. The molecule has 0 fully saturated rings. The summed E-state index contributed by atoms with van der Waals surface area (Å²) >= 11 is 0. The molecular weight excluding hydrogens is 282 g/mol. The number of carboxylic acid groups (broad SMARTS) is 2. The van der Waals surface area contributed by atoms with Gasteiger partial charge in [-0.05, 0) is 0 Å². The van der Waals surface area contributed by atoms with Gasteiger partial charge in [0, 0.05) is 0 Å². The highest BCUT2D eigenvalue weighted by Gasteiger charge is 2.52. The number of hydrogen-bond acceptors (Lipinski definition) is 4. The molecule has 0 aliphatic carbocycles. The smallest absolute Gasteiger partial charge is 0.341 e. The lowest BCUT2D eigenvalue weighted by atomic mass is 10.1. The summed E-state index contributed by atoms with van der Waals surface area (Å²) in [5.41, 5.74) is 0. The lowest BCUT2D eigenvalue weighted by molar-refractivity contribution is -0.148. The van der Waals surface area contributed by atoms with Crippen molar-refractivity contribution in [2.24, 2.45) is 5.92 Å². The molecule has 0 aromatic rings. The molecule has 0 aliphatic rings. The average molecular weight is 292 g/mol. The zero-order valence-corrected chi connectivity index (χ0v) is 9.86. The van der Waals surface area contributed by atoms with Gasteiger partial charge < -0.3 is 29.8 Å². The zero-order valence-electron chi connectivity index (χ0n) is 8.07. The van der Waals surface area contributed by atoms with Gasteiger partial charge in [0.05, 0.1) is 12.3 Å². The Bertz CT molecular complexity index is 381. The van der Waals surface area contributed by atoms with Crippen molar-refractivity contribution in [1.82, 2.24) is 0 Å². The number of carbonyl (C=O) groups is 2. The third-order valence-electron chi connectivity index (χ3n) is 1.76. The monoisotopic (exact) mass is 292 g/mol. The third kappa shape index (κ3) is 4.95. The van der Waals surface area contributed by atoms with Gasteiger partial charge in [0.15, 0.2) is 5.40 Å². The first-order chi connectivity index (χ1) is 7.37. The molecular formula is C5H10O10P2. The van der Waals surface area contributed by atoms with E-state index in [0.717, 1.165) is 0 Å². The molecule has 100 valence electrons. The molecule has 0 spiro atoms. The van der Waals surface area contributed by atoms with Crippen molar-refractivity contribution in [3.05, 3.63) is 0 Å². The maximum Gasteiger partial charge on any atom is 0.341 e. The number of carboxylic acids is 2. The molecule has 1 atom stereocenters. The third-order valence-corrected chi connectivity index (χ3v) is 5.66. The first-order valence-corrected chi connectivity index (χ1v) is 7.28. The lowest BCUT2D eigenvalue weighted by Crippen LogP contribution is -2.30. The first kappa shape index (κ1) is 16.2. The van der Waals surface area contributed by atoms with E-state index >= 15 is 0 Å². The van der Waals surface area contributed by atoms with Gasteiger partial charge in [0.1, 0.15) is 0 Å². The van der Waals surface area contributed by atoms with Gasteiger partial charge in [-0.25, -0.2) is 0 Å². The van der Waals surface area contributed by atoms with Crippen LogP contribution < -0.4 is 0 Å². The van der Waals surface area contributed by atoms with Crippen LogP contribution in [0.3, 0.4) is 0 Å². The summed E-state index contributed by atoms with van der Waals surface area (Å²) in [7, 11) is -10.9. The minimum absolute atomic E-state index is 1.31. The molecule has 10 nitrogen and oxygen atoms in total. The maximum atomic E-state index is 10.9. The van der Waals surface area contributed by atoms with E-state index in [4.69, 9.17) is 29.8 Å². The quantitative estimate of drug-likeness (QED) is 0.325. The standard InChI is InChI=1S/C5H10O10P2/c6-3(7)1-2(4(8)9)5(16(10,11)12)17(13,14)15/h2,5H,1H2,(H,6,7)(H,8,9)(H2,10,11,12)(H2,13,14,15)/t2-/m1/s1. The molecule has 12 heteroatoms. The average Bonchev–Trinajstić information content (AvgIpc) is 1.95. The Morgan fingerprint density at radius 1 is 0.941 bits per heavy atom. The molecule has 0 radical (unpaired) electrons. The number of hydrogen-bond donors (Lipinski definition) is 6. The summed E-state index contributed by atoms with van der Waals surface area (Å²) in [6.07, 6.45) is -1.31. The van der Waals surface area contributed by atoms with E-state index in [1.54, 1.807) is 0 Å². The molecule has 0 saturated heterocycles. The molecule has 0 aromatic heterocycles. The molecule has 0 rings (SSSR count). The Labute approximate surface area is 94.2 Å². The van der Waals surface area contributed by atoms with E-state index in [9.17, 15) is 18.7 Å². The molecule has 0 heterocycles. The van der Waals surface area contributed by atoms with E-state index in [1.165, 1.54) is 0 Å². The minimum Gasteiger partial charge on any atom is -0.481 e. The zero-order chi connectivity index (χ0) is 14.0. The largest absolute Gasteiger partial charge is 0.481 e. The highest BCUT2D eigenvalue weighted by molar-refractivity contribution is 7.70. The van der Waals surface area contributed by atoms with Crippen molar-refractivity contribution >= 4 is 27.1 Å². The lowest BCUT2D eigenvalue weighted by Gasteiger charge is -2.24. The van der Waals surface area contributed by atoms with Crippen LogP contribution in [0.4, 0.5) is 0 Å². The summed E-state index contributed by atoms with van der Waals surface area (Å²) < 4.78 is 21.7. The van der Waals surface area contributed by atoms with Crippen molar-refractivity contribution in [2.45, 2.75) is 11.8 Å². The van der Waals surface area contributed by atoms with Gasteiger partial charge in [0.25, 0.3) is 0 Å². The molecule has 0 amide bonds. The Kier molecular flexibility index (Phi) is 5.02. The second-order valence-electron chi connectivity index (χ2n) is 3.13. The van der Waals surface area contributed by atoms with Crippen LogP contribution in [0, 0.1) is 5.92 Å². The molecule has 0 saturated carbocycles. The predicted octanol–water partition coefficient (Wildman–Crippen LogP) is -1.16. The second-order valence-corrected chi connectivity index (χ2v) is 7.01. The van der Waals surface area contributed by atoms with E-state index in [-0.39, 0.29) is 0 Å². The second kappa shape index (κ2) is 5.26.